The molecule has 0 radical (unpaired) electrons. The number of aromatic carboxylic acids is 1. The van der Waals surface area contributed by atoms with Crippen LogP contribution in [0.1, 0.15) is 27.9 Å². The Morgan fingerprint density at radius 1 is 0.967 bits per heavy atom. The topological polar surface area (TPSA) is 96.2 Å². The van der Waals surface area contributed by atoms with Crippen molar-refractivity contribution in [2.24, 2.45) is 0 Å². The lowest BCUT2D eigenvalue weighted by molar-refractivity contribution is -0.0179. The van der Waals surface area contributed by atoms with Gasteiger partial charge in [0.25, 0.3) is 0 Å². The van der Waals surface area contributed by atoms with Crippen LogP contribution >= 0.6 is 0 Å². The van der Waals surface area contributed by atoms with Crippen molar-refractivity contribution in [1.29, 1.82) is 0 Å². The Hall–Kier alpha value is -2.77. The molecule has 0 saturated carbocycles. The summed E-state index contributed by atoms with van der Waals surface area (Å²) in [6, 6.07) is 16.2. The highest BCUT2D eigenvalue weighted by Gasteiger charge is 2.40. The fourth-order valence-corrected chi connectivity index (χ4v) is 3.74. The first-order valence-corrected chi connectivity index (χ1v) is 9.86. The van der Waals surface area contributed by atoms with Crippen LogP contribution in [0.3, 0.4) is 0 Å². The molecule has 2 atom stereocenters. The first kappa shape index (κ1) is 21.9. The maximum Gasteiger partial charge on any atom is 0.335 e. The molecule has 0 amide bonds. The summed E-state index contributed by atoms with van der Waals surface area (Å²) < 4.78 is 12.1. The number of aliphatic hydroxyl groups excluding tert-OH is 2. The molecular weight excluding hydrogens is 384 g/mol. The summed E-state index contributed by atoms with van der Waals surface area (Å²) in [7, 11) is 0. The lowest BCUT2D eigenvalue weighted by Gasteiger charge is -2.39. The van der Waals surface area contributed by atoms with E-state index in [-0.39, 0.29) is 38.1 Å². The van der Waals surface area contributed by atoms with Gasteiger partial charge in [0.05, 0.1) is 38.1 Å². The van der Waals surface area contributed by atoms with Gasteiger partial charge in [-0.25, -0.2) is 4.79 Å². The molecule has 0 bridgehead atoms. The van der Waals surface area contributed by atoms with Crippen molar-refractivity contribution in [1.82, 2.24) is 0 Å². The molecule has 0 spiro atoms. The number of carboxylic acid groups (broad SMARTS) is 1. The third kappa shape index (κ3) is 4.68. The lowest BCUT2D eigenvalue weighted by Crippen LogP contribution is -2.37. The van der Waals surface area contributed by atoms with Crippen LogP contribution in [0, 0.1) is 0 Å². The zero-order chi connectivity index (χ0) is 21.4. The molecule has 6 heteroatoms. The summed E-state index contributed by atoms with van der Waals surface area (Å²) in [5.74, 6) is -1.000. The molecule has 6 nitrogen and oxygen atoms in total. The van der Waals surface area contributed by atoms with Crippen LogP contribution in [-0.4, -0.2) is 53.8 Å². The van der Waals surface area contributed by atoms with E-state index in [1.807, 2.05) is 48.6 Å². The molecule has 1 aliphatic rings. The number of aliphatic hydroxyl groups is 2. The molecule has 0 fully saturated rings. The van der Waals surface area contributed by atoms with Crippen molar-refractivity contribution in [2.45, 2.75) is 18.1 Å². The Kier molecular flexibility index (Phi) is 7.54. The zero-order valence-electron chi connectivity index (χ0n) is 16.6. The molecule has 158 valence electrons. The molecule has 3 N–H and O–H groups in total. The fraction of sp³-hybridized carbons (Fsp3) is 0.292. The SMILES string of the molecule is O=C(O)c1ccc(C(OCCO)(C2=CC=CC(OCCO)C2)c2ccccc2)cc1. The number of carbonyl (C=O) groups is 1. The highest BCUT2D eigenvalue weighted by Crippen LogP contribution is 2.43. The molecule has 0 saturated heterocycles. The van der Waals surface area contributed by atoms with Crippen LogP contribution < -0.4 is 0 Å². The summed E-state index contributed by atoms with van der Waals surface area (Å²) in [5.41, 5.74) is 1.70. The Morgan fingerprint density at radius 3 is 2.27 bits per heavy atom. The van der Waals surface area contributed by atoms with Gasteiger partial charge in [-0.05, 0) is 28.8 Å². The van der Waals surface area contributed by atoms with E-state index in [2.05, 4.69) is 0 Å². The lowest BCUT2D eigenvalue weighted by atomic mass is 9.76. The predicted molar refractivity (Wildman–Crippen MR) is 112 cm³/mol. The van der Waals surface area contributed by atoms with E-state index in [0.29, 0.717) is 6.42 Å². The number of hydrogen-bond donors (Lipinski definition) is 3. The molecule has 0 aromatic heterocycles. The second-order valence-electron chi connectivity index (χ2n) is 6.92. The van der Waals surface area contributed by atoms with Gasteiger partial charge >= 0.3 is 5.97 Å². The van der Waals surface area contributed by atoms with Crippen LogP contribution in [0.5, 0.6) is 0 Å². The highest BCUT2D eigenvalue weighted by molar-refractivity contribution is 5.87. The van der Waals surface area contributed by atoms with Crippen molar-refractivity contribution in [3.63, 3.8) is 0 Å². The number of ether oxygens (including phenoxy) is 2. The van der Waals surface area contributed by atoms with E-state index < -0.39 is 11.6 Å². The number of hydrogen-bond acceptors (Lipinski definition) is 5. The minimum atomic E-state index is -1.02. The minimum Gasteiger partial charge on any atom is -0.478 e. The second-order valence-corrected chi connectivity index (χ2v) is 6.92. The smallest absolute Gasteiger partial charge is 0.335 e. The molecule has 1 aliphatic carbocycles. The van der Waals surface area contributed by atoms with Gasteiger partial charge < -0.3 is 24.8 Å². The van der Waals surface area contributed by atoms with Gasteiger partial charge in [0.2, 0.25) is 0 Å². The summed E-state index contributed by atoms with van der Waals surface area (Å²) in [6.45, 7) is 0.102. The summed E-state index contributed by atoms with van der Waals surface area (Å²) in [5, 5.41) is 27.9. The van der Waals surface area contributed by atoms with E-state index in [1.165, 1.54) is 0 Å². The summed E-state index contributed by atoms with van der Waals surface area (Å²) in [6.07, 6.45) is 6.09. The summed E-state index contributed by atoms with van der Waals surface area (Å²) in [4.78, 5) is 11.3. The third-order valence-electron chi connectivity index (χ3n) is 5.05. The van der Waals surface area contributed by atoms with E-state index in [4.69, 9.17) is 14.6 Å². The monoisotopic (exact) mass is 410 g/mol. The minimum absolute atomic E-state index is 0.0646. The number of carboxylic acids is 1. The first-order chi connectivity index (χ1) is 14.6. The average Bonchev–Trinajstić information content (AvgIpc) is 2.79. The van der Waals surface area contributed by atoms with Crippen LogP contribution in [0.4, 0.5) is 0 Å². The number of allylic oxidation sites excluding steroid dienone is 2. The fourth-order valence-electron chi connectivity index (χ4n) is 3.74. The van der Waals surface area contributed by atoms with E-state index in [1.54, 1.807) is 24.3 Å². The Bertz CT molecular complexity index is 888. The van der Waals surface area contributed by atoms with Gasteiger partial charge in [-0.2, -0.15) is 0 Å². The number of benzene rings is 2. The van der Waals surface area contributed by atoms with Gasteiger partial charge in [-0.3, -0.25) is 0 Å². The first-order valence-electron chi connectivity index (χ1n) is 9.86. The van der Waals surface area contributed by atoms with Crippen molar-refractivity contribution in [3.8, 4) is 0 Å². The molecule has 0 aliphatic heterocycles. The van der Waals surface area contributed by atoms with Crippen molar-refractivity contribution in [2.75, 3.05) is 26.4 Å². The molecule has 2 aromatic rings. The van der Waals surface area contributed by atoms with Crippen molar-refractivity contribution >= 4 is 5.97 Å². The Labute approximate surface area is 175 Å². The molecular formula is C24H26O6. The Balaban J connectivity index is 2.12. The molecule has 0 heterocycles. The predicted octanol–water partition coefficient (Wildman–Crippen LogP) is 2.90. The van der Waals surface area contributed by atoms with Gasteiger partial charge in [-0.15, -0.1) is 0 Å². The van der Waals surface area contributed by atoms with E-state index in [0.717, 1.165) is 16.7 Å². The van der Waals surface area contributed by atoms with E-state index in [9.17, 15) is 15.0 Å². The average molecular weight is 410 g/mol. The van der Waals surface area contributed by atoms with Crippen molar-refractivity contribution < 1.29 is 29.6 Å². The Morgan fingerprint density at radius 2 is 1.63 bits per heavy atom. The zero-order valence-corrected chi connectivity index (χ0v) is 16.6. The molecule has 2 aromatic carbocycles. The quantitative estimate of drug-likeness (QED) is 0.557. The van der Waals surface area contributed by atoms with E-state index >= 15 is 0 Å². The van der Waals surface area contributed by atoms with Gasteiger partial charge in [0.15, 0.2) is 0 Å². The van der Waals surface area contributed by atoms with Crippen LogP contribution in [0.2, 0.25) is 0 Å². The van der Waals surface area contributed by atoms with Crippen LogP contribution in [0.25, 0.3) is 0 Å². The number of rotatable bonds is 10. The van der Waals surface area contributed by atoms with Gasteiger partial charge in [-0.1, -0.05) is 60.7 Å². The third-order valence-corrected chi connectivity index (χ3v) is 5.05. The van der Waals surface area contributed by atoms with Gasteiger partial charge in [0, 0.05) is 6.42 Å². The molecule has 2 unspecified atom stereocenters. The maximum absolute atomic E-state index is 11.3. The maximum atomic E-state index is 11.3. The second kappa shape index (κ2) is 10.3. The summed E-state index contributed by atoms with van der Waals surface area (Å²) >= 11 is 0. The largest absolute Gasteiger partial charge is 0.478 e. The van der Waals surface area contributed by atoms with Gasteiger partial charge in [0.1, 0.15) is 5.60 Å². The van der Waals surface area contributed by atoms with Crippen molar-refractivity contribution in [3.05, 3.63) is 95.1 Å². The normalized spacial score (nSPS) is 17.9. The van der Waals surface area contributed by atoms with Crippen LogP contribution in [0.15, 0.2) is 78.4 Å². The molecule has 30 heavy (non-hydrogen) atoms. The standard InChI is InChI=1S/C24H26O6/c25-13-15-29-22-8-4-7-21(17-22)24(30-16-14-26,19-5-2-1-3-6-19)20-11-9-18(10-12-20)23(27)28/h1-12,22,25-26H,13-17H2,(H,27,28). The highest BCUT2D eigenvalue weighted by atomic mass is 16.5. The molecule has 3 rings (SSSR count). The van der Waals surface area contributed by atoms with Crippen LogP contribution in [-0.2, 0) is 15.1 Å².